The van der Waals surface area contributed by atoms with Gasteiger partial charge in [-0.15, -0.1) is 0 Å². The van der Waals surface area contributed by atoms with Crippen molar-refractivity contribution < 1.29 is 4.79 Å². The van der Waals surface area contributed by atoms with E-state index in [1.54, 1.807) is 0 Å². The van der Waals surface area contributed by atoms with Crippen LogP contribution in [-0.2, 0) is 4.79 Å². The average molecular weight is 183 g/mol. The Morgan fingerprint density at radius 1 is 1.62 bits per heavy atom. The molecule has 4 heteroatoms. The highest BCUT2D eigenvalue weighted by Gasteiger charge is 2.47. The van der Waals surface area contributed by atoms with Crippen LogP contribution in [0.4, 0.5) is 0 Å². The zero-order valence-electron chi connectivity index (χ0n) is 8.29. The SMILES string of the molecule is CNCCN1C(=O)C2CC1CN2C. The molecule has 2 rings (SSSR count). The Morgan fingerprint density at radius 3 is 2.92 bits per heavy atom. The normalized spacial score (nSPS) is 33.4. The molecule has 0 radical (unpaired) electrons. The Bertz CT molecular complexity index is 219. The lowest BCUT2D eigenvalue weighted by Gasteiger charge is -2.31. The fourth-order valence-electron chi connectivity index (χ4n) is 2.38. The van der Waals surface area contributed by atoms with E-state index in [0.717, 1.165) is 26.1 Å². The van der Waals surface area contributed by atoms with E-state index in [4.69, 9.17) is 0 Å². The van der Waals surface area contributed by atoms with E-state index in [2.05, 4.69) is 10.2 Å². The van der Waals surface area contributed by atoms with Crippen LogP contribution in [0, 0.1) is 0 Å². The first-order valence-electron chi connectivity index (χ1n) is 4.89. The minimum Gasteiger partial charge on any atom is -0.336 e. The molecular weight excluding hydrogens is 166 g/mol. The van der Waals surface area contributed by atoms with Gasteiger partial charge >= 0.3 is 0 Å². The van der Waals surface area contributed by atoms with Crippen molar-refractivity contribution in [3.63, 3.8) is 0 Å². The van der Waals surface area contributed by atoms with E-state index in [1.165, 1.54) is 0 Å². The zero-order chi connectivity index (χ0) is 9.42. The minimum absolute atomic E-state index is 0.182. The number of likely N-dealkylation sites (N-methyl/N-ethyl adjacent to an activating group) is 2. The van der Waals surface area contributed by atoms with Gasteiger partial charge in [-0.1, -0.05) is 0 Å². The fourth-order valence-corrected chi connectivity index (χ4v) is 2.38. The summed E-state index contributed by atoms with van der Waals surface area (Å²) in [6, 6.07) is 0.665. The monoisotopic (exact) mass is 183 g/mol. The second-order valence-electron chi connectivity index (χ2n) is 3.98. The minimum atomic E-state index is 0.182. The third-order valence-corrected chi connectivity index (χ3v) is 3.14. The highest BCUT2D eigenvalue weighted by Crippen LogP contribution is 2.29. The molecule has 2 aliphatic heterocycles. The lowest BCUT2D eigenvalue weighted by molar-refractivity contribution is -0.135. The van der Waals surface area contributed by atoms with Crippen molar-refractivity contribution in [1.29, 1.82) is 0 Å². The summed E-state index contributed by atoms with van der Waals surface area (Å²) in [6.07, 6.45) is 1.04. The number of nitrogens with zero attached hydrogens (tertiary/aromatic N) is 2. The second-order valence-corrected chi connectivity index (χ2v) is 3.98. The first kappa shape index (κ1) is 8.97. The van der Waals surface area contributed by atoms with E-state index in [0.29, 0.717) is 11.9 Å². The predicted molar refractivity (Wildman–Crippen MR) is 50.5 cm³/mol. The molecule has 74 valence electrons. The summed E-state index contributed by atoms with van der Waals surface area (Å²) >= 11 is 0. The number of likely N-dealkylation sites (tertiary alicyclic amines) is 2. The molecule has 2 unspecified atom stereocenters. The van der Waals surface area contributed by atoms with Crippen molar-refractivity contribution in [3.8, 4) is 0 Å². The number of fused-ring (bicyclic) bond motifs is 2. The van der Waals surface area contributed by atoms with Gasteiger partial charge in [-0.3, -0.25) is 9.69 Å². The molecule has 0 aromatic rings. The van der Waals surface area contributed by atoms with Crippen LogP contribution in [0.15, 0.2) is 0 Å². The number of nitrogens with one attached hydrogen (secondary N) is 1. The Hall–Kier alpha value is -0.610. The van der Waals surface area contributed by atoms with E-state index in [-0.39, 0.29) is 6.04 Å². The topological polar surface area (TPSA) is 35.6 Å². The van der Waals surface area contributed by atoms with Crippen LogP contribution in [0.5, 0.6) is 0 Å². The number of piperazine rings is 1. The molecule has 0 spiro atoms. The first-order valence-corrected chi connectivity index (χ1v) is 4.89. The molecule has 4 nitrogen and oxygen atoms in total. The lowest BCUT2D eigenvalue weighted by Crippen LogP contribution is -2.50. The van der Waals surface area contributed by atoms with Crippen molar-refractivity contribution in [2.75, 3.05) is 33.7 Å². The number of hydrogen-bond donors (Lipinski definition) is 1. The maximum atomic E-state index is 11.7. The molecule has 0 aromatic carbocycles. The Balaban J connectivity index is 1.97. The molecular formula is C9H17N3O. The van der Waals surface area contributed by atoms with E-state index >= 15 is 0 Å². The van der Waals surface area contributed by atoms with Crippen LogP contribution in [0.3, 0.4) is 0 Å². The van der Waals surface area contributed by atoms with Crippen LogP contribution in [0.1, 0.15) is 6.42 Å². The van der Waals surface area contributed by atoms with Gasteiger partial charge in [-0.25, -0.2) is 0 Å². The molecule has 2 atom stereocenters. The quantitative estimate of drug-likeness (QED) is 0.617. The number of amides is 1. The third kappa shape index (κ3) is 1.34. The number of hydrogen-bond acceptors (Lipinski definition) is 3. The fraction of sp³-hybridized carbons (Fsp3) is 0.889. The Morgan fingerprint density at radius 2 is 2.38 bits per heavy atom. The summed E-state index contributed by atoms with van der Waals surface area (Å²) in [4.78, 5) is 15.9. The predicted octanol–water partition coefficient (Wildman–Crippen LogP) is -0.879. The summed E-state index contributed by atoms with van der Waals surface area (Å²) in [7, 11) is 3.96. The zero-order valence-corrected chi connectivity index (χ0v) is 8.29. The molecule has 0 saturated carbocycles. The third-order valence-electron chi connectivity index (χ3n) is 3.14. The van der Waals surface area contributed by atoms with Gasteiger partial charge in [0, 0.05) is 25.7 Å². The van der Waals surface area contributed by atoms with Crippen molar-refractivity contribution in [3.05, 3.63) is 0 Å². The van der Waals surface area contributed by atoms with Gasteiger partial charge in [0.2, 0.25) is 5.91 Å². The summed E-state index contributed by atoms with van der Waals surface area (Å²) in [5, 5.41) is 3.08. The van der Waals surface area contributed by atoms with Gasteiger partial charge in [-0.05, 0) is 20.5 Å². The van der Waals surface area contributed by atoms with Crippen molar-refractivity contribution >= 4 is 5.91 Å². The van der Waals surface area contributed by atoms with Gasteiger partial charge in [0.05, 0.1) is 6.04 Å². The van der Waals surface area contributed by atoms with Crippen LogP contribution >= 0.6 is 0 Å². The van der Waals surface area contributed by atoms with Crippen molar-refractivity contribution in [2.45, 2.75) is 18.5 Å². The van der Waals surface area contributed by atoms with Crippen LogP contribution in [0.25, 0.3) is 0 Å². The summed E-state index contributed by atoms with van der Waals surface area (Å²) < 4.78 is 0. The van der Waals surface area contributed by atoms with E-state index < -0.39 is 0 Å². The van der Waals surface area contributed by atoms with Gasteiger partial charge in [-0.2, -0.15) is 0 Å². The van der Waals surface area contributed by atoms with E-state index in [1.807, 2.05) is 19.0 Å². The highest BCUT2D eigenvalue weighted by atomic mass is 16.2. The number of carbonyl (C=O) groups excluding carboxylic acids is 1. The Kier molecular flexibility index (Phi) is 2.26. The molecule has 2 fully saturated rings. The van der Waals surface area contributed by atoms with Crippen LogP contribution in [-0.4, -0.2) is 61.5 Å². The lowest BCUT2D eigenvalue weighted by atomic mass is 10.2. The number of rotatable bonds is 3. The average Bonchev–Trinajstić information content (AvgIpc) is 2.59. The molecule has 2 bridgehead atoms. The van der Waals surface area contributed by atoms with Crippen LogP contribution < -0.4 is 5.32 Å². The molecule has 2 saturated heterocycles. The molecule has 2 heterocycles. The maximum absolute atomic E-state index is 11.7. The molecule has 0 aliphatic carbocycles. The molecule has 2 aliphatic rings. The smallest absolute Gasteiger partial charge is 0.240 e. The second kappa shape index (κ2) is 3.27. The largest absolute Gasteiger partial charge is 0.336 e. The standard InChI is InChI=1S/C9H17N3O/c1-10-3-4-12-7-5-8(9(12)13)11(2)6-7/h7-8,10H,3-6H2,1-2H3. The van der Waals surface area contributed by atoms with Gasteiger partial charge in [0.1, 0.15) is 0 Å². The first-order chi connectivity index (χ1) is 6.24. The Labute approximate surface area is 78.9 Å². The van der Waals surface area contributed by atoms with Gasteiger partial charge in [0.25, 0.3) is 0 Å². The number of carbonyl (C=O) groups is 1. The van der Waals surface area contributed by atoms with Crippen molar-refractivity contribution in [1.82, 2.24) is 15.1 Å². The molecule has 0 aromatic heterocycles. The summed E-state index contributed by atoms with van der Waals surface area (Å²) in [6.45, 7) is 2.82. The highest BCUT2D eigenvalue weighted by molar-refractivity contribution is 5.85. The summed E-state index contributed by atoms with van der Waals surface area (Å²) in [5.41, 5.74) is 0. The van der Waals surface area contributed by atoms with Gasteiger partial charge in [0.15, 0.2) is 0 Å². The van der Waals surface area contributed by atoms with Gasteiger partial charge < -0.3 is 10.2 Å². The van der Waals surface area contributed by atoms with E-state index in [9.17, 15) is 4.79 Å². The maximum Gasteiger partial charge on any atom is 0.240 e. The van der Waals surface area contributed by atoms with Crippen molar-refractivity contribution in [2.24, 2.45) is 0 Å². The molecule has 13 heavy (non-hydrogen) atoms. The van der Waals surface area contributed by atoms with Crippen LogP contribution in [0.2, 0.25) is 0 Å². The summed E-state index contributed by atoms with van der Waals surface area (Å²) in [5.74, 6) is 0.328. The molecule has 1 amide bonds. The molecule has 1 N–H and O–H groups in total.